The molecule has 0 radical (unpaired) electrons. The molecule has 1 unspecified atom stereocenters. The van der Waals surface area contributed by atoms with Crippen LogP contribution < -0.4 is 10.1 Å². The third kappa shape index (κ3) is 1.95. The van der Waals surface area contributed by atoms with E-state index in [4.69, 9.17) is 4.74 Å². The Kier molecular flexibility index (Phi) is 2.52. The van der Waals surface area contributed by atoms with Crippen LogP contribution in [0.2, 0.25) is 0 Å². The van der Waals surface area contributed by atoms with E-state index in [1.54, 1.807) is 0 Å². The van der Waals surface area contributed by atoms with Crippen LogP contribution in [0.3, 0.4) is 0 Å². The van der Waals surface area contributed by atoms with Gasteiger partial charge in [-0.05, 0) is 18.6 Å². The summed E-state index contributed by atoms with van der Waals surface area (Å²) in [5.74, 6) is 0.173. The molecule has 3 nitrogen and oxygen atoms in total. The second-order valence-electron chi connectivity index (χ2n) is 5.05. The summed E-state index contributed by atoms with van der Waals surface area (Å²) in [4.78, 5) is 11.5. The predicted molar refractivity (Wildman–Crippen MR) is 60.9 cm³/mol. The summed E-state index contributed by atoms with van der Waals surface area (Å²) in [7, 11) is 0. The Morgan fingerprint density at radius 2 is 2.11 bits per heavy atom. The van der Waals surface area contributed by atoms with Gasteiger partial charge in [0.2, 0.25) is 5.91 Å². The van der Waals surface area contributed by atoms with Crippen LogP contribution in [0.15, 0.2) is 18.2 Å². The highest BCUT2D eigenvalue weighted by molar-refractivity contribution is 5.79. The molecule has 1 amide bonds. The summed E-state index contributed by atoms with van der Waals surface area (Å²) in [5, 5.41) is 2.73. The molecular formula is C13H12F3NO2. The van der Waals surface area contributed by atoms with Crippen molar-refractivity contribution in [3.8, 4) is 5.75 Å². The van der Waals surface area contributed by atoms with Gasteiger partial charge in [-0.3, -0.25) is 4.79 Å². The highest BCUT2D eigenvalue weighted by atomic mass is 19.4. The molecule has 1 aromatic carbocycles. The predicted octanol–water partition coefficient (Wildman–Crippen LogP) is 2.25. The first-order chi connectivity index (χ1) is 8.91. The third-order valence-corrected chi connectivity index (χ3v) is 3.81. The number of halogens is 3. The Morgan fingerprint density at radius 3 is 2.79 bits per heavy atom. The van der Waals surface area contributed by atoms with Gasteiger partial charge in [-0.2, -0.15) is 13.2 Å². The smallest absolute Gasteiger partial charge is 0.416 e. The van der Waals surface area contributed by atoms with Crippen LogP contribution in [0.5, 0.6) is 5.75 Å². The number of amides is 1. The molecule has 1 atom stereocenters. The average molecular weight is 271 g/mol. The van der Waals surface area contributed by atoms with Crippen molar-refractivity contribution in [2.75, 3.05) is 13.2 Å². The lowest BCUT2D eigenvalue weighted by atomic mass is 9.74. The van der Waals surface area contributed by atoms with Gasteiger partial charge in [-0.1, -0.05) is 6.07 Å². The van der Waals surface area contributed by atoms with Crippen molar-refractivity contribution in [1.29, 1.82) is 0 Å². The van der Waals surface area contributed by atoms with Crippen LogP contribution >= 0.6 is 0 Å². The number of rotatable bonds is 0. The van der Waals surface area contributed by atoms with Gasteiger partial charge in [0, 0.05) is 23.9 Å². The molecule has 1 saturated heterocycles. The summed E-state index contributed by atoms with van der Waals surface area (Å²) in [6.45, 7) is 0.805. The van der Waals surface area contributed by atoms with Gasteiger partial charge >= 0.3 is 6.18 Å². The van der Waals surface area contributed by atoms with E-state index in [2.05, 4.69) is 5.32 Å². The molecular weight excluding hydrogens is 259 g/mol. The first kappa shape index (κ1) is 12.3. The fourth-order valence-corrected chi connectivity index (χ4v) is 2.80. The molecule has 0 aliphatic carbocycles. The first-order valence-corrected chi connectivity index (χ1v) is 6.02. The van der Waals surface area contributed by atoms with Crippen molar-refractivity contribution in [3.05, 3.63) is 29.3 Å². The normalized spacial score (nSPS) is 25.9. The van der Waals surface area contributed by atoms with Gasteiger partial charge in [-0.25, -0.2) is 0 Å². The molecule has 19 heavy (non-hydrogen) atoms. The summed E-state index contributed by atoms with van der Waals surface area (Å²) in [5.41, 5.74) is -0.458. The molecule has 2 heterocycles. The SMILES string of the molecule is O=C1CC2(CCN1)COc1cc(C(F)(F)F)ccc12. The van der Waals surface area contributed by atoms with Crippen molar-refractivity contribution >= 4 is 5.91 Å². The number of benzene rings is 1. The van der Waals surface area contributed by atoms with Crippen molar-refractivity contribution in [2.45, 2.75) is 24.4 Å². The molecule has 102 valence electrons. The van der Waals surface area contributed by atoms with E-state index in [-0.39, 0.29) is 24.7 Å². The highest BCUT2D eigenvalue weighted by Gasteiger charge is 2.45. The van der Waals surface area contributed by atoms with Crippen molar-refractivity contribution < 1.29 is 22.7 Å². The van der Waals surface area contributed by atoms with Gasteiger partial charge in [0.05, 0.1) is 12.2 Å². The number of nitrogens with one attached hydrogen (secondary N) is 1. The number of carbonyl (C=O) groups excluding carboxylic acids is 1. The zero-order chi connectivity index (χ0) is 13.7. The number of hydrogen-bond donors (Lipinski definition) is 1. The first-order valence-electron chi connectivity index (χ1n) is 6.02. The van der Waals surface area contributed by atoms with Gasteiger partial charge in [0.25, 0.3) is 0 Å². The van der Waals surface area contributed by atoms with Crippen molar-refractivity contribution in [1.82, 2.24) is 5.32 Å². The van der Waals surface area contributed by atoms with Gasteiger partial charge in [0.15, 0.2) is 0 Å². The van der Waals surface area contributed by atoms with Gasteiger partial charge < -0.3 is 10.1 Å². The fraction of sp³-hybridized carbons (Fsp3) is 0.462. The van der Waals surface area contributed by atoms with E-state index >= 15 is 0 Å². The number of carbonyl (C=O) groups is 1. The zero-order valence-corrected chi connectivity index (χ0v) is 10.0. The minimum Gasteiger partial charge on any atom is -0.492 e. The number of ether oxygens (including phenoxy) is 1. The van der Waals surface area contributed by atoms with Crippen LogP contribution in [0.1, 0.15) is 24.0 Å². The fourth-order valence-electron chi connectivity index (χ4n) is 2.80. The van der Waals surface area contributed by atoms with Crippen molar-refractivity contribution in [3.63, 3.8) is 0 Å². The monoisotopic (exact) mass is 271 g/mol. The minimum absolute atomic E-state index is 0.0809. The lowest BCUT2D eigenvalue weighted by Crippen LogP contribution is -2.44. The number of fused-ring (bicyclic) bond motifs is 2. The number of piperidine rings is 1. The molecule has 0 bridgehead atoms. The van der Waals surface area contributed by atoms with Crippen LogP contribution in [0, 0.1) is 0 Å². The maximum Gasteiger partial charge on any atom is 0.416 e. The summed E-state index contributed by atoms with van der Waals surface area (Å²) in [6.07, 6.45) is -3.42. The second-order valence-corrected chi connectivity index (χ2v) is 5.05. The largest absolute Gasteiger partial charge is 0.492 e. The molecule has 1 fully saturated rings. The molecule has 0 saturated carbocycles. The quantitative estimate of drug-likeness (QED) is 0.786. The maximum absolute atomic E-state index is 12.6. The number of hydrogen-bond acceptors (Lipinski definition) is 2. The molecule has 1 spiro atoms. The minimum atomic E-state index is -4.38. The van der Waals surface area contributed by atoms with Crippen LogP contribution in [-0.2, 0) is 16.4 Å². The molecule has 2 aliphatic rings. The molecule has 3 rings (SSSR count). The zero-order valence-electron chi connectivity index (χ0n) is 10.0. The van der Waals surface area contributed by atoms with E-state index in [0.717, 1.165) is 17.7 Å². The Morgan fingerprint density at radius 1 is 1.32 bits per heavy atom. The van der Waals surface area contributed by atoms with Crippen LogP contribution in [-0.4, -0.2) is 19.1 Å². The third-order valence-electron chi connectivity index (χ3n) is 3.81. The summed E-state index contributed by atoms with van der Waals surface area (Å²) in [6, 6.07) is 3.53. The van der Waals surface area contributed by atoms with Crippen LogP contribution in [0.25, 0.3) is 0 Å². The van der Waals surface area contributed by atoms with E-state index in [9.17, 15) is 18.0 Å². The van der Waals surface area contributed by atoms with E-state index in [1.807, 2.05) is 0 Å². The molecule has 2 aliphatic heterocycles. The molecule has 6 heteroatoms. The topological polar surface area (TPSA) is 38.3 Å². The van der Waals surface area contributed by atoms with E-state index in [0.29, 0.717) is 13.0 Å². The molecule has 0 aromatic heterocycles. The summed E-state index contributed by atoms with van der Waals surface area (Å²) >= 11 is 0. The number of alkyl halides is 3. The maximum atomic E-state index is 12.6. The Bertz CT molecular complexity index is 541. The van der Waals surface area contributed by atoms with Crippen LogP contribution in [0.4, 0.5) is 13.2 Å². The Labute approximate surface area is 107 Å². The lowest BCUT2D eigenvalue weighted by molar-refractivity contribution is -0.137. The van der Waals surface area contributed by atoms with Gasteiger partial charge in [0.1, 0.15) is 5.75 Å². The summed E-state index contributed by atoms with van der Waals surface area (Å²) < 4.78 is 43.3. The average Bonchev–Trinajstić information content (AvgIpc) is 2.67. The van der Waals surface area contributed by atoms with Crippen molar-refractivity contribution in [2.24, 2.45) is 0 Å². The lowest BCUT2D eigenvalue weighted by Gasteiger charge is -2.31. The highest BCUT2D eigenvalue weighted by Crippen LogP contribution is 2.46. The Balaban J connectivity index is 2.00. The standard InChI is InChI=1S/C13H12F3NO2/c14-13(15,16)8-1-2-9-10(5-8)19-7-12(9)3-4-17-11(18)6-12/h1-2,5H,3-4,6-7H2,(H,17,18). The molecule has 1 aromatic rings. The molecule has 1 N–H and O–H groups in total. The van der Waals surface area contributed by atoms with E-state index < -0.39 is 17.2 Å². The van der Waals surface area contributed by atoms with Gasteiger partial charge in [-0.15, -0.1) is 0 Å². The Hall–Kier alpha value is -1.72. The second kappa shape index (κ2) is 3.88. The van der Waals surface area contributed by atoms with E-state index in [1.165, 1.54) is 6.07 Å².